The summed E-state index contributed by atoms with van der Waals surface area (Å²) in [5, 5.41) is 16.9. The first-order valence-electron chi connectivity index (χ1n) is 6.87. The molecule has 0 aliphatic heterocycles. The molecule has 0 bridgehead atoms. The normalized spacial score (nSPS) is 13.5. The van der Waals surface area contributed by atoms with Crippen LogP contribution >= 0.6 is 11.3 Å². The highest BCUT2D eigenvalue weighted by Gasteiger charge is 2.23. The van der Waals surface area contributed by atoms with E-state index < -0.39 is 0 Å². The summed E-state index contributed by atoms with van der Waals surface area (Å²) in [5.74, 6) is 0.000897. The second-order valence-corrected chi connectivity index (χ2v) is 6.09. The van der Waals surface area contributed by atoms with E-state index in [9.17, 15) is 4.79 Å². The smallest absolute Gasteiger partial charge is 0.251 e. The van der Waals surface area contributed by atoms with Crippen molar-refractivity contribution in [2.75, 3.05) is 5.32 Å². The summed E-state index contributed by atoms with van der Waals surface area (Å²) in [5.41, 5.74) is 2.35. The minimum atomic E-state index is 0.000897. The van der Waals surface area contributed by atoms with Gasteiger partial charge >= 0.3 is 0 Å². The SMILES string of the molecule is N#Cc1csc(CNc2ccc(C(=O)NC3CC3)cc2)c1. The lowest BCUT2D eigenvalue weighted by atomic mass is 10.2. The van der Waals surface area contributed by atoms with Crippen LogP contribution in [0.15, 0.2) is 35.7 Å². The van der Waals surface area contributed by atoms with Crippen molar-refractivity contribution < 1.29 is 4.79 Å². The third-order valence-corrected chi connectivity index (χ3v) is 4.25. The number of amides is 1. The van der Waals surface area contributed by atoms with Gasteiger partial charge in [-0.2, -0.15) is 5.26 Å². The molecule has 0 spiro atoms. The Bertz CT molecular complexity index is 680. The maximum atomic E-state index is 11.9. The van der Waals surface area contributed by atoms with Crippen LogP contribution in [0.1, 0.15) is 33.6 Å². The van der Waals surface area contributed by atoms with Gasteiger partial charge in [-0.15, -0.1) is 11.3 Å². The lowest BCUT2D eigenvalue weighted by molar-refractivity contribution is 0.0951. The van der Waals surface area contributed by atoms with Gasteiger partial charge in [0.15, 0.2) is 0 Å². The first-order chi connectivity index (χ1) is 10.2. The standard InChI is InChI=1S/C16H15N3OS/c17-8-11-7-15(21-10-11)9-18-13-3-1-12(2-4-13)16(20)19-14-5-6-14/h1-4,7,10,14,18H,5-6,9H2,(H,19,20). The van der Waals surface area contributed by atoms with Crippen molar-refractivity contribution in [2.45, 2.75) is 25.4 Å². The van der Waals surface area contributed by atoms with E-state index in [-0.39, 0.29) is 5.91 Å². The molecule has 0 unspecified atom stereocenters. The lowest BCUT2D eigenvalue weighted by Gasteiger charge is -2.07. The van der Waals surface area contributed by atoms with Crippen LogP contribution < -0.4 is 10.6 Å². The molecule has 1 heterocycles. The highest BCUT2D eigenvalue weighted by molar-refractivity contribution is 7.10. The Balaban J connectivity index is 1.56. The van der Waals surface area contributed by atoms with Crippen LogP contribution in [0, 0.1) is 11.3 Å². The Labute approximate surface area is 127 Å². The van der Waals surface area contributed by atoms with Crippen LogP contribution in [0.5, 0.6) is 0 Å². The molecule has 1 aromatic carbocycles. The van der Waals surface area contributed by atoms with E-state index in [0.29, 0.717) is 23.7 Å². The van der Waals surface area contributed by atoms with Gasteiger partial charge in [-0.3, -0.25) is 4.79 Å². The third kappa shape index (κ3) is 3.61. The van der Waals surface area contributed by atoms with E-state index in [2.05, 4.69) is 16.7 Å². The van der Waals surface area contributed by atoms with Crippen LogP contribution in [0.25, 0.3) is 0 Å². The predicted molar refractivity (Wildman–Crippen MR) is 83.3 cm³/mol. The topological polar surface area (TPSA) is 64.9 Å². The summed E-state index contributed by atoms with van der Waals surface area (Å²) in [7, 11) is 0. The molecule has 4 nitrogen and oxygen atoms in total. The number of rotatable bonds is 5. The van der Waals surface area contributed by atoms with Gasteiger partial charge in [-0.1, -0.05) is 0 Å². The van der Waals surface area contributed by atoms with Crippen molar-refractivity contribution in [1.82, 2.24) is 5.32 Å². The molecule has 1 aliphatic carbocycles. The summed E-state index contributed by atoms with van der Waals surface area (Å²) in [6.45, 7) is 0.681. The average molecular weight is 297 g/mol. The second-order valence-electron chi connectivity index (χ2n) is 5.09. The quantitative estimate of drug-likeness (QED) is 0.891. The number of hydrogen-bond donors (Lipinski definition) is 2. The first-order valence-corrected chi connectivity index (χ1v) is 7.75. The zero-order valence-electron chi connectivity index (χ0n) is 11.4. The van der Waals surface area contributed by atoms with Gasteiger partial charge in [-0.05, 0) is 43.2 Å². The first kappa shape index (κ1) is 13.7. The molecule has 1 aliphatic rings. The van der Waals surface area contributed by atoms with Gasteiger partial charge in [-0.25, -0.2) is 0 Å². The van der Waals surface area contributed by atoms with E-state index in [4.69, 9.17) is 5.26 Å². The summed E-state index contributed by atoms with van der Waals surface area (Å²) >= 11 is 1.57. The molecule has 5 heteroatoms. The number of carbonyl (C=O) groups excluding carboxylic acids is 1. The molecule has 106 valence electrons. The van der Waals surface area contributed by atoms with E-state index in [0.717, 1.165) is 23.4 Å². The average Bonchev–Trinajstić information content (AvgIpc) is 3.20. The number of thiophene rings is 1. The minimum absolute atomic E-state index is 0.000897. The zero-order chi connectivity index (χ0) is 14.7. The van der Waals surface area contributed by atoms with E-state index in [1.165, 1.54) is 0 Å². The Morgan fingerprint density at radius 1 is 1.33 bits per heavy atom. The largest absolute Gasteiger partial charge is 0.380 e. The molecule has 2 N–H and O–H groups in total. The monoisotopic (exact) mass is 297 g/mol. The van der Waals surface area contributed by atoms with Gasteiger partial charge in [0.2, 0.25) is 0 Å². The summed E-state index contributed by atoms with van der Waals surface area (Å²) in [6.07, 6.45) is 2.19. The Morgan fingerprint density at radius 3 is 2.71 bits per heavy atom. The molecule has 0 radical (unpaired) electrons. The molecule has 1 amide bonds. The molecule has 2 aromatic rings. The fourth-order valence-electron chi connectivity index (χ4n) is 1.96. The van der Waals surface area contributed by atoms with Crippen molar-refractivity contribution in [2.24, 2.45) is 0 Å². The summed E-state index contributed by atoms with van der Waals surface area (Å²) in [4.78, 5) is 13.0. The van der Waals surface area contributed by atoms with Crippen LogP contribution in [0.2, 0.25) is 0 Å². The minimum Gasteiger partial charge on any atom is -0.380 e. The van der Waals surface area contributed by atoms with Crippen molar-refractivity contribution in [1.29, 1.82) is 5.26 Å². The van der Waals surface area contributed by atoms with Crippen LogP contribution in [-0.4, -0.2) is 11.9 Å². The molecular weight excluding hydrogens is 282 g/mol. The fourth-order valence-corrected chi connectivity index (χ4v) is 2.71. The van der Waals surface area contributed by atoms with E-state index in [1.807, 2.05) is 35.7 Å². The lowest BCUT2D eigenvalue weighted by Crippen LogP contribution is -2.25. The molecular formula is C16H15N3OS. The second kappa shape index (κ2) is 5.98. The summed E-state index contributed by atoms with van der Waals surface area (Å²) < 4.78 is 0. The van der Waals surface area contributed by atoms with Crippen molar-refractivity contribution in [3.05, 3.63) is 51.7 Å². The fraction of sp³-hybridized carbons (Fsp3) is 0.250. The number of carbonyl (C=O) groups is 1. The number of nitrogens with zero attached hydrogens (tertiary/aromatic N) is 1. The van der Waals surface area contributed by atoms with Gasteiger partial charge in [0, 0.05) is 34.1 Å². The number of anilines is 1. The highest BCUT2D eigenvalue weighted by Crippen LogP contribution is 2.20. The number of hydrogen-bond acceptors (Lipinski definition) is 4. The maximum Gasteiger partial charge on any atom is 0.251 e. The molecule has 1 saturated carbocycles. The van der Waals surface area contributed by atoms with Gasteiger partial charge < -0.3 is 10.6 Å². The number of nitriles is 1. The number of benzene rings is 1. The molecule has 1 fully saturated rings. The van der Waals surface area contributed by atoms with Crippen LogP contribution in [0.4, 0.5) is 5.69 Å². The summed E-state index contributed by atoms with van der Waals surface area (Å²) in [6, 6.07) is 11.9. The zero-order valence-corrected chi connectivity index (χ0v) is 12.2. The van der Waals surface area contributed by atoms with Crippen molar-refractivity contribution in [3.8, 4) is 6.07 Å². The van der Waals surface area contributed by atoms with Gasteiger partial charge in [0.25, 0.3) is 5.91 Å². The van der Waals surface area contributed by atoms with Gasteiger partial charge in [0.1, 0.15) is 6.07 Å². The maximum absolute atomic E-state index is 11.9. The van der Waals surface area contributed by atoms with E-state index >= 15 is 0 Å². The van der Waals surface area contributed by atoms with Crippen molar-refractivity contribution >= 4 is 22.9 Å². The molecule has 0 atom stereocenters. The Morgan fingerprint density at radius 2 is 2.10 bits per heavy atom. The van der Waals surface area contributed by atoms with Crippen LogP contribution in [0.3, 0.4) is 0 Å². The Kier molecular flexibility index (Phi) is 3.89. The third-order valence-electron chi connectivity index (χ3n) is 3.31. The predicted octanol–water partition coefficient (Wildman–Crippen LogP) is 3.12. The highest BCUT2D eigenvalue weighted by atomic mass is 32.1. The molecule has 0 saturated heterocycles. The van der Waals surface area contributed by atoms with E-state index in [1.54, 1.807) is 11.3 Å². The van der Waals surface area contributed by atoms with Crippen LogP contribution in [-0.2, 0) is 6.54 Å². The van der Waals surface area contributed by atoms with Crippen molar-refractivity contribution in [3.63, 3.8) is 0 Å². The molecule has 21 heavy (non-hydrogen) atoms. The van der Waals surface area contributed by atoms with Gasteiger partial charge in [0.05, 0.1) is 5.56 Å². The Hall–Kier alpha value is -2.32. The molecule has 1 aromatic heterocycles. The molecule has 3 rings (SSSR count). The number of nitrogens with one attached hydrogen (secondary N) is 2.